The average molecular weight is 310 g/mol. The lowest BCUT2D eigenvalue weighted by Gasteiger charge is -2.32. The lowest BCUT2D eigenvalue weighted by Crippen LogP contribution is -2.41. The minimum atomic E-state index is -5.07. The second kappa shape index (κ2) is 4.11. The molecule has 0 aromatic heterocycles. The van der Waals surface area contributed by atoms with Crippen LogP contribution in [0.2, 0.25) is 0 Å². The van der Waals surface area contributed by atoms with Gasteiger partial charge in [0.25, 0.3) is 0 Å². The minimum absolute atomic E-state index is 0.0879. The molecule has 2 aliphatic heterocycles. The Morgan fingerprint density at radius 3 is 1.52 bits per heavy atom. The van der Waals surface area contributed by atoms with Crippen LogP contribution in [0, 0.1) is 16.7 Å². The van der Waals surface area contributed by atoms with Crippen molar-refractivity contribution in [3.63, 3.8) is 0 Å². The van der Waals surface area contributed by atoms with Crippen molar-refractivity contribution in [2.75, 3.05) is 0 Å². The fourth-order valence-electron chi connectivity index (χ4n) is 3.48. The summed E-state index contributed by atoms with van der Waals surface area (Å²) >= 11 is 0. The highest BCUT2D eigenvalue weighted by Gasteiger charge is 2.72. The van der Waals surface area contributed by atoms with Crippen LogP contribution in [-0.2, 0) is 0 Å². The molecule has 0 spiro atoms. The van der Waals surface area contributed by atoms with E-state index in [4.69, 9.17) is 0 Å². The van der Waals surface area contributed by atoms with E-state index in [2.05, 4.69) is 5.29 Å². The Morgan fingerprint density at radius 1 is 0.857 bits per heavy atom. The van der Waals surface area contributed by atoms with Crippen LogP contribution < -0.4 is 0 Å². The third-order valence-electron chi connectivity index (χ3n) is 4.12. The second-order valence-electron chi connectivity index (χ2n) is 5.12. The van der Waals surface area contributed by atoms with E-state index < -0.39 is 36.3 Å². The first-order valence-electron chi connectivity index (χ1n) is 6.01. The summed E-state index contributed by atoms with van der Waals surface area (Å²) in [6.07, 6.45) is -10.1. The quantitative estimate of drug-likeness (QED) is 0.577. The van der Waals surface area contributed by atoms with Gasteiger partial charge < -0.3 is 0 Å². The number of nitroso groups, excluding NO2 is 1. The van der Waals surface area contributed by atoms with E-state index >= 15 is 0 Å². The van der Waals surface area contributed by atoms with Gasteiger partial charge in [-0.05, 0) is 11.1 Å². The van der Waals surface area contributed by atoms with Gasteiger partial charge in [-0.1, -0.05) is 24.3 Å². The van der Waals surface area contributed by atoms with E-state index in [9.17, 15) is 31.2 Å². The Labute approximate surface area is 114 Å². The predicted octanol–water partition coefficient (Wildman–Crippen LogP) is 4.14. The number of hydrogen-bond donors (Lipinski definition) is 0. The summed E-state index contributed by atoms with van der Waals surface area (Å²) in [5, 5.41) is 2.84. The summed E-state index contributed by atoms with van der Waals surface area (Å²) in [5.74, 6) is -5.37. The maximum atomic E-state index is 13.1. The summed E-state index contributed by atoms with van der Waals surface area (Å²) in [7, 11) is 0. The average Bonchev–Trinajstić information content (AvgIpc) is 2.87. The van der Waals surface area contributed by atoms with Gasteiger partial charge >= 0.3 is 12.4 Å². The standard InChI is InChI=1S/C12H8F6N2O/c13-11(14,15)7-8(12(16,17)18)10-6-4-2-1-3-5(6)9(7)20(10)19-21/h1-4,7-10H/t7-,8+,9+,10-. The van der Waals surface area contributed by atoms with Crippen LogP contribution in [0.3, 0.4) is 0 Å². The number of rotatable bonds is 1. The SMILES string of the molecule is O=NN1[C@@H]2c3ccccc3[C@H]1[C@H](C(F)(F)F)[C@@H]2C(F)(F)F. The van der Waals surface area contributed by atoms with E-state index in [1.165, 1.54) is 24.3 Å². The van der Waals surface area contributed by atoms with E-state index in [0.29, 0.717) is 5.01 Å². The van der Waals surface area contributed by atoms with Gasteiger partial charge in [-0.3, -0.25) is 0 Å². The summed E-state index contributed by atoms with van der Waals surface area (Å²) in [6.45, 7) is 0. The molecule has 2 bridgehead atoms. The normalized spacial score (nSPS) is 31.4. The van der Waals surface area contributed by atoms with Crippen molar-refractivity contribution in [1.82, 2.24) is 5.01 Å². The molecule has 9 heteroatoms. The molecule has 3 nitrogen and oxygen atoms in total. The maximum Gasteiger partial charge on any atom is 0.394 e. The largest absolute Gasteiger partial charge is 0.394 e. The Hall–Kier alpha value is -1.80. The molecule has 114 valence electrons. The molecule has 1 aromatic carbocycles. The van der Waals surface area contributed by atoms with Crippen molar-refractivity contribution < 1.29 is 26.3 Å². The molecule has 3 rings (SSSR count). The third kappa shape index (κ3) is 1.82. The van der Waals surface area contributed by atoms with Gasteiger partial charge in [0, 0.05) is 0 Å². The number of hydrogen-bond acceptors (Lipinski definition) is 2. The van der Waals surface area contributed by atoms with Crippen molar-refractivity contribution in [2.45, 2.75) is 24.4 Å². The van der Waals surface area contributed by atoms with Gasteiger partial charge in [-0.25, -0.2) is 5.01 Å². The van der Waals surface area contributed by atoms with Crippen LogP contribution >= 0.6 is 0 Å². The van der Waals surface area contributed by atoms with Crippen LogP contribution in [0.25, 0.3) is 0 Å². The van der Waals surface area contributed by atoms with Crippen LogP contribution in [0.15, 0.2) is 29.6 Å². The Morgan fingerprint density at radius 2 is 1.24 bits per heavy atom. The molecule has 2 aliphatic rings. The molecule has 0 aliphatic carbocycles. The van der Waals surface area contributed by atoms with E-state index in [1.807, 2.05) is 0 Å². The highest BCUT2D eigenvalue weighted by Crippen LogP contribution is 2.66. The molecule has 0 saturated carbocycles. The monoisotopic (exact) mass is 310 g/mol. The summed E-state index contributed by atoms with van der Waals surface area (Å²) < 4.78 is 78.8. The van der Waals surface area contributed by atoms with Gasteiger partial charge in [0.1, 0.15) is 0 Å². The molecule has 1 fully saturated rings. The third-order valence-corrected chi connectivity index (χ3v) is 4.12. The minimum Gasteiger partial charge on any atom is -0.245 e. The lowest BCUT2D eigenvalue weighted by atomic mass is 9.75. The van der Waals surface area contributed by atoms with Gasteiger partial charge in [0.05, 0.1) is 29.2 Å². The molecule has 21 heavy (non-hydrogen) atoms. The fourth-order valence-corrected chi connectivity index (χ4v) is 3.48. The zero-order chi connectivity index (χ0) is 15.6. The van der Waals surface area contributed by atoms with Crippen molar-refractivity contribution in [3.8, 4) is 0 Å². The van der Waals surface area contributed by atoms with Crippen LogP contribution in [-0.4, -0.2) is 17.4 Å². The smallest absolute Gasteiger partial charge is 0.245 e. The zero-order valence-corrected chi connectivity index (χ0v) is 10.2. The van der Waals surface area contributed by atoms with Crippen LogP contribution in [0.5, 0.6) is 0 Å². The zero-order valence-electron chi connectivity index (χ0n) is 10.2. The topological polar surface area (TPSA) is 32.7 Å². The van der Waals surface area contributed by atoms with Gasteiger partial charge in [0.15, 0.2) is 0 Å². The summed E-state index contributed by atoms with van der Waals surface area (Å²) in [6, 6.07) is 2.05. The van der Waals surface area contributed by atoms with E-state index in [1.54, 1.807) is 0 Å². The molecule has 4 atom stereocenters. The van der Waals surface area contributed by atoms with Crippen molar-refractivity contribution in [1.29, 1.82) is 0 Å². The summed E-state index contributed by atoms with van der Waals surface area (Å²) in [5.41, 5.74) is 0.176. The molecule has 0 radical (unpaired) electrons. The predicted molar refractivity (Wildman–Crippen MR) is 58.6 cm³/mol. The Bertz CT molecular complexity index is 537. The van der Waals surface area contributed by atoms with Gasteiger partial charge in [-0.15, -0.1) is 4.91 Å². The molecule has 0 N–H and O–H groups in total. The highest BCUT2D eigenvalue weighted by molar-refractivity contribution is 5.42. The van der Waals surface area contributed by atoms with E-state index in [-0.39, 0.29) is 11.1 Å². The first-order chi connectivity index (χ1) is 9.68. The van der Waals surface area contributed by atoms with Crippen molar-refractivity contribution in [2.24, 2.45) is 17.1 Å². The Balaban J connectivity index is 2.21. The van der Waals surface area contributed by atoms with Crippen LogP contribution in [0.1, 0.15) is 23.2 Å². The number of fused-ring (bicyclic) bond motifs is 5. The molecule has 2 heterocycles. The fraction of sp³-hybridized carbons (Fsp3) is 0.500. The number of alkyl halides is 6. The highest BCUT2D eigenvalue weighted by atomic mass is 19.4. The molecule has 0 amide bonds. The molecule has 1 aromatic rings. The van der Waals surface area contributed by atoms with Crippen molar-refractivity contribution in [3.05, 3.63) is 40.3 Å². The van der Waals surface area contributed by atoms with Crippen LogP contribution in [0.4, 0.5) is 26.3 Å². The molecule has 1 saturated heterocycles. The van der Waals surface area contributed by atoms with E-state index in [0.717, 1.165) is 0 Å². The van der Waals surface area contributed by atoms with Crippen molar-refractivity contribution >= 4 is 0 Å². The molecular formula is C12H8F6N2O. The number of nitrogens with zero attached hydrogens (tertiary/aromatic N) is 2. The Kier molecular flexibility index (Phi) is 2.77. The van der Waals surface area contributed by atoms with Gasteiger partial charge in [0.2, 0.25) is 0 Å². The first kappa shape index (κ1) is 14.2. The molecular weight excluding hydrogens is 302 g/mol. The number of benzene rings is 1. The maximum absolute atomic E-state index is 13.1. The molecule has 0 unspecified atom stereocenters. The first-order valence-corrected chi connectivity index (χ1v) is 6.01. The summed E-state index contributed by atoms with van der Waals surface area (Å²) in [4.78, 5) is 10.8. The van der Waals surface area contributed by atoms with Gasteiger partial charge in [-0.2, -0.15) is 26.3 Å². The number of halogens is 6. The second-order valence-corrected chi connectivity index (χ2v) is 5.12. The lowest BCUT2D eigenvalue weighted by molar-refractivity contribution is -0.252.